The Morgan fingerprint density at radius 3 is 2.56 bits per heavy atom. The van der Waals surface area contributed by atoms with E-state index in [0.717, 1.165) is 5.70 Å². The number of rotatable bonds is 1. The summed E-state index contributed by atoms with van der Waals surface area (Å²) in [6.07, 6.45) is 0. The summed E-state index contributed by atoms with van der Waals surface area (Å²) in [5.74, 6) is 0. The second kappa shape index (κ2) is 2.14. The van der Waals surface area contributed by atoms with Gasteiger partial charge in [-0.1, -0.05) is 11.8 Å². The molecule has 0 aliphatic carbocycles. The SMILES string of the molecule is C=C1CN(N(C)C)N=N1. The fourth-order valence-corrected chi connectivity index (χ4v) is 0.563. The highest BCUT2D eigenvalue weighted by Crippen LogP contribution is 2.09. The highest BCUT2D eigenvalue weighted by atomic mass is 15.8. The van der Waals surface area contributed by atoms with Crippen LogP contribution in [0.15, 0.2) is 22.6 Å². The standard InChI is InChI=1S/C5H10N4/c1-5-4-9(7-6-5)8(2)3/h1,4H2,2-3H3. The molecule has 0 fully saturated rings. The number of hydrazine groups is 1. The molecule has 0 amide bonds. The summed E-state index contributed by atoms with van der Waals surface area (Å²) in [7, 11) is 3.83. The Balaban J connectivity index is 2.50. The molecule has 0 aromatic rings. The lowest BCUT2D eigenvalue weighted by Crippen LogP contribution is -2.30. The zero-order chi connectivity index (χ0) is 6.85. The van der Waals surface area contributed by atoms with Gasteiger partial charge in [0, 0.05) is 14.1 Å². The first-order valence-electron chi connectivity index (χ1n) is 2.74. The second-order valence-electron chi connectivity index (χ2n) is 2.13. The second-order valence-corrected chi connectivity index (χ2v) is 2.13. The van der Waals surface area contributed by atoms with Gasteiger partial charge in [-0.3, -0.25) is 0 Å². The van der Waals surface area contributed by atoms with Gasteiger partial charge in [0.25, 0.3) is 0 Å². The molecule has 4 nitrogen and oxygen atoms in total. The Morgan fingerprint density at radius 1 is 1.67 bits per heavy atom. The first-order chi connectivity index (χ1) is 4.20. The van der Waals surface area contributed by atoms with Gasteiger partial charge in [0.15, 0.2) is 0 Å². The van der Waals surface area contributed by atoms with Crippen molar-refractivity contribution in [1.29, 1.82) is 0 Å². The third-order valence-electron chi connectivity index (χ3n) is 1.08. The smallest absolute Gasteiger partial charge is 0.0987 e. The monoisotopic (exact) mass is 126 g/mol. The lowest BCUT2D eigenvalue weighted by molar-refractivity contribution is 0.0442. The van der Waals surface area contributed by atoms with Gasteiger partial charge in [-0.2, -0.15) is 0 Å². The number of nitrogens with zero attached hydrogens (tertiary/aromatic N) is 4. The predicted molar refractivity (Wildman–Crippen MR) is 34.4 cm³/mol. The van der Waals surface area contributed by atoms with E-state index in [1.165, 1.54) is 0 Å². The van der Waals surface area contributed by atoms with E-state index in [2.05, 4.69) is 16.9 Å². The quantitative estimate of drug-likeness (QED) is 0.516. The van der Waals surface area contributed by atoms with E-state index >= 15 is 0 Å². The van der Waals surface area contributed by atoms with Crippen LogP contribution in [0.4, 0.5) is 0 Å². The molecular formula is C5H10N4. The highest BCUT2D eigenvalue weighted by molar-refractivity contribution is 4.94. The Morgan fingerprint density at radius 2 is 2.33 bits per heavy atom. The van der Waals surface area contributed by atoms with Gasteiger partial charge in [-0.15, -0.1) is 5.11 Å². The van der Waals surface area contributed by atoms with Gasteiger partial charge < -0.3 is 0 Å². The van der Waals surface area contributed by atoms with Crippen LogP contribution in [-0.2, 0) is 0 Å². The summed E-state index contributed by atoms with van der Waals surface area (Å²) in [6, 6.07) is 0. The molecule has 1 aliphatic rings. The van der Waals surface area contributed by atoms with E-state index in [-0.39, 0.29) is 0 Å². The molecule has 0 unspecified atom stereocenters. The van der Waals surface area contributed by atoms with Crippen LogP contribution in [0.3, 0.4) is 0 Å². The van der Waals surface area contributed by atoms with E-state index < -0.39 is 0 Å². The van der Waals surface area contributed by atoms with Crippen molar-refractivity contribution in [3.8, 4) is 0 Å². The average Bonchev–Trinajstić information content (AvgIpc) is 2.14. The molecule has 9 heavy (non-hydrogen) atoms. The van der Waals surface area contributed by atoms with Crippen molar-refractivity contribution in [2.75, 3.05) is 20.6 Å². The molecule has 1 rings (SSSR count). The van der Waals surface area contributed by atoms with Crippen LogP contribution < -0.4 is 0 Å². The maximum atomic E-state index is 3.80. The molecule has 0 aromatic heterocycles. The van der Waals surface area contributed by atoms with Gasteiger partial charge in [-0.25, -0.2) is 10.1 Å². The lowest BCUT2D eigenvalue weighted by atomic mass is 10.5. The van der Waals surface area contributed by atoms with Crippen LogP contribution in [-0.4, -0.2) is 30.8 Å². The van der Waals surface area contributed by atoms with Crippen molar-refractivity contribution in [1.82, 2.24) is 10.1 Å². The molecule has 0 radical (unpaired) electrons. The van der Waals surface area contributed by atoms with Crippen LogP contribution in [0.25, 0.3) is 0 Å². The van der Waals surface area contributed by atoms with E-state index in [1.54, 1.807) is 5.12 Å². The highest BCUT2D eigenvalue weighted by Gasteiger charge is 2.11. The summed E-state index contributed by atoms with van der Waals surface area (Å²) in [4.78, 5) is 0. The molecule has 0 atom stereocenters. The largest absolute Gasteiger partial charge is 0.209 e. The lowest BCUT2D eigenvalue weighted by Gasteiger charge is -2.18. The zero-order valence-corrected chi connectivity index (χ0v) is 5.70. The zero-order valence-electron chi connectivity index (χ0n) is 5.70. The number of hydrogen-bond acceptors (Lipinski definition) is 4. The third-order valence-corrected chi connectivity index (χ3v) is 1.08. The normalized spacial score (nSPS) is 18.1. The summed E-state index contributed by atoms with van der Waals surface area (Å²) < 4.78 is 0. The van der Waals surface area contributed by atoms with Gasteiger partial charge in [0.05, 0.1) is 12.2 Å². The van der Waals surface area contributed by atoms with Crippen LogP contribution in [0.1, 0.15) is 0 Å². The Hall–Kier alpha value is -0.900. The molecule has 0 aromatic carbocycles. The minimum Gasteiger partial charge on any atom is -0.209 e. The molecule has 0 saturated heterocycles. The van der Waals surface area contributed by atoms with Crippen molar-refractivity contribution in [2.24, 2.45) is 10.3 Å². The van der Waals surface area contributed by atoms with Crippen LogP contribution in [0.5, 0.6) is 0 Å². The molecule has 4 heteroatoms. The number of hydrogen-bond donors (Lipinski definition) is 0. The molecule has 0 N–H and O–H groups in total. The minimum atomic E-state index is 0.715. The van der Waals surface area contributed by atoms with Gasteiger partial charge >= 0.3 is 0 Å². The van der Waals surface area contributed by atoms with Crippen molar-refractivity contribution in [3.05, 3.63) is 12.3 Å². The fourth-order valence-electron chi connectivity index (χ4n) is 0.563. The van der Waals surface area contributed by atoms with Gasteiger partial charge in [0.2, 0.25) is 0 Å². The summed E-state index contributed by atoms with van der Waals surface area (Å²) in [5.41, 5.74) is 0.809. The molecule has 50 valence electrons. The van der Waals surface area contributed by atoms with Gasteiger partial charge in [0.1, 0.15) is 0 Å². The topological polar surface area (TPSA) is 31.2 Å². The maximum Gasteiger partial charge on any atom is 0.0987 e. The van der Waals surface area contributed by atoms with Crippen molar-refractivity contribution in [3.63, 3.8) is 0 Å². The summed E-state index contributed by atoms with van der Waals surface area (Å²) in [6.45, 7) is 4.37. The third kappa shape index (κ3) is 1.26. The minimum absolute atomic E-state index is 0.715. The van der Waals surface area contributed by atoms with E-state index in [4.69, 9.17) is 0 Å². The fraction of sp³-hybridized carbons (Fsp3) is 0.600. The Kier molecular flexibility index (Phi) is 1.48. The van der Waals surface area contributed by atoms with E-state index in [9.17, 15) is 0 Å². The molecule has 1 heterocycles. The van der Waals surface area contributed by atoms with E-state index in [1.807, 2.05) is 19.1 Å². The first kappa shape index (κ1) is 6.22. The molecule has 0 saturated carbocycles. The van der Waals surface area contributed by atoms with Crippen molar-refractivity contribution >= 4 is 0 Å². The Bertz CT molecular complexity index is 149. The molecule has 1 aliphatic heterocycles. The molecule has 0 bridgehead atoms. The van der Waals surface area contributed by atoms with Crippen LogP contribution in [0, 0.1) is 0 Å². The summed E-state index contributed by atoms with van der Waals surface area (Å²) in [5, 5.41) is 11.2. The van der Waals surface area contributed by atoms with Crippen molar-refractivity contribution < 1.29 is 0 Å². The predicted octanol–water partition coefficient (Wildman–Crippen LogP) is 0.659. The maximum absolute atomic E-state index is 3.80. The molecular weight excluding hydrogens is 116 g/mol. The Labute approximate surface area is 54.4 Å². The van der Waals surface area contributed by atoms with E-state index in [0.29, 0.717) is 6.54 Å². The van der Waals surface area contributed by atoms with Crippen LogP contribution in [0.2, 0.25) is 0 Å². The van der Waals surface area contributed by atoms with Crippen molar-refractivity contribution in [2.45, 2.75) is 0 Å². The van der Waals surface area contributed by atoms with Crippen LogP contribution >= 0.6 is 0 Å². The summed E-state index contributed by atoms with van der Waals surface area (Å²) >= 11 is 0. The molecule has 0 spiro atoms. The first-order valence-corrected chi connectivity index (χ1v) is 2.74. The average molecular weight is 126 g/mol. The van der Waals surface area contributed by atoms with Gasteiger partial charge in [-0.05, 0) is 0 Å².